The third kappa shape index (κ3) is 8.98. The molecule has 7 nitrogen and oxygen atoms in total. The summed E-state index contributed by atoms with van der Waals surface area (Å²) in [5.74, 6) is -0.494. The highest BCUT2D eigenvalue weighted by atomic mass is 35.5. The van der Waals surface area contributed by atoms with Gasteiger partial charge in [0.15, 0.2) is 0 Å². The van der Waals surface area contributed by atoms with E-state index >= 15 is 0 Å². The standard InChI is InChI=1S/C26H35Cl2N3O4S/c1-5-6-14-29-26(33)20(3)30(18-21-12-13-23(27)24(28)17-21)25(32)11-8-15-31(36(4,34)35)22-10-7-9-19(2)16-22/h7,9-10,12-13,16-17,20H,5-6,8,11,14-15,18H2,1-4H3,(H,29,33)/t20-/m1/s1. The minimum atomic E-state index is -3.54. The Bertz CT molecular complexity index is 1160. The zero-order valence-electron chi connectivity index (χ0n) is 21.3. The zero-order valence-corrected chi connectivity index (χ0v) is 23.6. The second-order valence-electron chi connectivity index (χ2n) is 8.87. The molecule has 0 aliphatic heterocycles. The van der Waals surface area contributed by atoms with E-state index in [0.717, 1.165) is 30.2 Å². The van der Waals surface area contributed by atoms with Gasteiger partial charge in [0.25, 0.3) is 0 Å². The second-order valence-corrected chi connectivity index (χ2v) is 11.6. The first-order chi connectivity index (χ1) is 16.9. The molecule has 0 unspecified atom stereocenters. The van der Waals surface area contributed by atoms with Crippen LogP contribution in [0.25, 0.3) is 0 Å². The molecule has 0 bridgehead atoms. The van der Waals surface area contributed by atoms with Gasteiger partial charge in [-0.05, 0) is 62.1 Å². The number of hydrogen-bond acceptors (Lipinski definition) is 4. The molecule has 198 valence electrons. The monoisotopic (exact) mass is 555 g/mol. The molecule has 1 N–H and O–H groups in total. The number of anilines is 1. The van der Waals surface area contributed by atoms with Crippen LogP contribution in [-0.2, 0) is 26.2 Å². The molecule has 2 aromatic carbocycles. The molecule has 0 aliphatic carbocycles. The van der Waals surface area contributed by atoms with Crippen LogP contribution >= 0.6 is 23.2 Å². The van der Waals surface area contributed by atoms with Crippen molar-refractivity contribution in [3.63, 3.8) is 0 Å². The average molecular weight is 557 g/mol. The lowest BCUT2D eigenvalue weighted by molar-refractivity contribution is -0.140. The number of rotatable bonds is 13. The number of amides is 2. The fourth-order valence-corrected chi connectivity index (χ4v) is 5.02. The Morgan fingerprint density at radius 1 is 1.06 bits per heavy atom. The second kappa shape index (κ2) is 13.9. The van der Waals surface area contributed by atoms with Crippen molar-refractivity contribution in [1.82, 2.24) is 10.2 Å². The molecule has 0 radical (unpaired) electrons. The Morgan fingerprint density at radius 3 is 2.39 bits per heavy atom. The third-order valence-electron chi connectivity index (χ3n) is 5.78. The molecule has 2 aromatic rings. The van der Waals surface area contributed by atoms with Gasteiger partial charge in [-0.2, -0.15) is 0 Å². The van der Waals surface area contributed by atoms with Gasteiger partial charge in [0, 0.05) is 26.1 Å². The van der Waals surface area contributed by atoms with Crippen LogP contribution in [0.5, 0.6) is 0 Å². The largest absolute Gasteiger partial charge is 0.354 e. The Kier molecular flexibility index (Phi) is 11.5. The number of carbonyl (C=O) groups is 2. The first kappa shape index (κ1) is 29.9. The minimum Gasteiger partial charge on any atom is -0.354 e. The number of halogens is 2. The van der Waals surface area contributed by atoms with Gasteiger partial charge >= 0.3 is 0 Å². The van der Waals surface area contributed by atoms with E-state index in [0.29, 0.717) is 28.7 Å². The molecule has 0 spiro atoms. The first-order valence-electron chi connectivity index (χ1n) is 12.0. The normalized spacial score (nSPS) is 12.2. The molecule has 0 saturated carbocycles. The quantitative estimate of drug-likeness (QED) is 0.345. The number of unbranched alkanes of at least 4 members (excludes halogenated alkanes) is 1. The molecular formula is C26H35Cl2N3O4S. The van der Waals surface area contributed by atoms with E-state index in [1.807, 2.05) is 19.9 Å². The molecule has 2 amide bonds. The molecule has 0 heterocycles. The van der Waals surface area contributed by atoms with Gasteiger partial charge in [-0.25, -0.2) is 8.42 Å². The Labute approximate surface area is 224 Å². The van der Waals surface area contributed by atoms with Crippen molar-refractivity contribution in [2.24, 2.45) is 0 Å². The predicted molar refractivity (Wildman–Crippen MR) is 147 cm³/mol. The molecule has 0 saturated heterocycles. The summed E-state index contributed by atoms with van der Waals surface area (Å²) in [7, 11) is -3.54. The number of hydrogen-bond donors (Lipinski definition) is 1. The summed E-state index contributed by atoms with van der Waals surface area (Å²) < 4.78 is 26.2. The highest BCUT2D eigenvalue weighted by Crippen LogP contribution is 2.24. The summed E-state index contributed by atoms with van der Waals surface area (Å²) in [5.41, 5.74) is 2.23. The van der Waals surface area contributed by atoms with Crippen molar-refractivity contribution >= 4 is 50.7 Å². The van der Waals surface area contributed by atoms with E-state index in [9.17, 15) is 18.0 Å². The fourth-order valence-electron chi connectivity index (χ4n) is 3.74. The van der Waals surface area contributed by atoms with E-state index in [4.69, 9.17) is 23.2 Å². The highest BCUT2D eigenvalue weighted by molar-refractivity contribution is 7.92. The minimum absolute atomic E-state index is 0.0751. The maximum Gasteiger partial charge on any atom is 0.242 e. The van der Waals surface area contributed by atoms with Crippen LogP contribution in [0.4, 0.5) is 5.69 Å². The number of sulfonamides is 1. The molecule has 0 fully saturated rings. The number of carbonyl (C=O) groups excluding carboxylic acids is 2. The van der Waals surface area contributed by atoms with E-state index in [2.05, 4.69) is 5.32 Å². The summed E-state index contributed by atoms with van der Waals surface area (Å²) in [5, 5.41) is 3.65. The molecule has 36 heavy (non-hydrogen) atoms. The lowest BCUT2D eigenvalue weighted by atomic mass is 10.1. The molecule has 0 aliphatic rings. The lowest BCUT2D eigenvalue weighted by Gasteiger charge is -2.29. The van der Waals surface area contributed by atoms with Crippen LogP contribution in [0.2, 0.25) is 10.0 Å². The number of benzene rings is 2. The molecule has 10 heteroatoms. The Morgan fingerprint density at radius 2 is 1.78 bits per heavy atom. The molecule has 0 aromatic heterocycles. The van der Waals surface area contributed by atoms with E-state index in [-0.39, 0.29) is 31.3 Å². The van der Waals surface area contributed by atoms with E-state index in [1.165, 1.54) is 9.21 Å². The smallest absolute Gasteiger partial charge is 0.242 e. The summed E-state index contributed by atoms with van der Waals surface area (Å²) in [4.78, 5) is 27.6. The number of aryl methyl sites for hydroxylation is 1. The average Bonchev–Trinajstić information content (AvgIpc) is 2.81. The van der Waals surface area contributed by atoms with Crippen molar-refractivity contribution in [3.8, 4) is 0 Å². The van der Waals surface area contributed by atoms with Crippen molar-refractivity contribution in [2.45, 2.75) is 59.0 Å². The van der Waals surface area contributed by atoms with Gasteiger partial charge in [0.05, 0.1) is 22.0 Å². The highest BCUT2D eigenvalue weighted by Gasteiger charge is 2.26. The zero-order chi connectivity index (χ0) is 26.9. The van der Waals surface area contributed by atoms with Crippen LogP contribution in [-0.4, -0.2) is 50.5 Å². The number of nitrogens with one attached hydrogen (secondary N) is 1. The van der Waals surface area contributed by atoms with Crippen LogP contribution in [0.1, 0.15) is 50.7 Å². The fraction of sp³-hybridized carbons (Fsp3) is 0.462. The molecular weight excluding hydrogens is 521 g/mol. The van der Waals surface area contributed by atoms with Crippen molar-refractivity contribution < 1.29 is 18.0 Å². The summed E-state index contributed by atoms with van der Waals surface area (Å²) >= 11 is 12.2. The maximum atomic E-state index is 13.3. The summed E-state index contributed by atoms with van der Waals surface area (Å²) in [6.45, 7) is 6.46. The van der Waals surface area contributed by atoms with Crippen LogP contribution in [0.15, 0.2) is 42.5 Å². The van der Waals surface area contributed by atoms with Crippen molar-refractivity contribution in [2.75, 3.05) is 23.7 Å². The summed E-state index contributed by atoms with van der Waals surface area (Å²) in [6, 6.07) is 11.6. The SMILES string of the molecule is CCCCNC(=O)[C@@H](C)N(Cc1ccc(Cl)c(Cl)c1)C(=O)CCCN(c1cccc(C)c1)S(C)(=O)=O. The van der Waals surface area contributed by atoms with Gasteiger partial charge in [0.1, 0.15) is 6.04 Å². The van der Waals surface area contributed by atoms with Gasteiger partial charge in [0.2, 0.25) is 21.8 Å². The topological polar surface area (TPSA) is 86.8 Å². The van der Waals surface area contributed by atoms with Gasteiger partial charge in [-0.1, -0.05) is 54.7 Å². The predicted octanol–water partition coefficient (Wildman–Crippen LogP) is 5.18. The van der Waals surface area contributed by atoms with Crippen LogP contribution in [0.3, 0.4) is 0 Å². The third-order valence-corrected chi connectivity index (χ3v) is 7.71. The van der Waals surface area contributed by atoms with E-state index in [1.54, 1.807) is 43.3 Å². The van der Waals surface area contributed by atoms with Crippen LogP contribution in [0, 0.1) is 6.92 Å². The van der Waals surface area contributed by atoms with Gasteiger partial charge in [-0.15, -0.1) is 0 Å². The van der Waals surface area contributed by atoms with Crippen molar-refractivity contribution in [3.05, 3.63) is 63.6 Å². The molecule has 2 rings (SSSR count). The van der Waals surface area contributed by atoms with Crippen LogP contribution < -0.4 is 9.62 Å². The number of nitrogens with zero attached hydrogens (tertiary/aromatic N) is 2. The van der Waals surface area contributed by atoms with E-state index < -0.39 is 16.1 Å². The molecule has 1 atom stereocenters. The Hall–Kier alpha value is -2.29. The van der Waals surface area contributed by atoms with Crippen molar-refractivity contribution in [1.29, 1.82) is 0 Å². The van der Waals surface area contributed by atoms with Gasteiger partial charge < -0.3 is 10.2 Å². The van der Waals surface area contributed by atoms with Gasteiger partial charge in [-0.3, -0.25) is 13.9 Å². The Balaban J connectivity index is 2.17. The lowest BCUT2D eigenvalue weighted by Crippen LogP contribution is -2.48. The summed E-state index contributed by atoms with van der Waals surface area (Å²) in [6.07, 6.45) is 3.31. The first-order valence-corrected chi connectivity index (χ1v) is 14.6. The maximum absolute atomic E-state index is 13.3.